The summed E-state index contributed by atoms with van der Waals surface area (Å²) in [6, 6.07) is 12.7. The lowest BCUT2D eigenvalue weighted by Crippen LogP contribution is -2.12. The highest BCUT2D eigenvalue weighted by Crippen LogP contribution is 2.35. The molecule has 0 bridgehead atoms. The van der Waals surface area contributed by atoms with E-state index in [1.54, 1.807) is 42.5 Å². The zero-order chi connectivity index (χ0) is 25.2. The summed E-state index contributed by atoms with van der Waals surface area (Å²) in [5.41, 5.74) is 0.713. The number of ether oxygens (including phenoxy) is 3. The first-order chi connectivity index (χ1) is 16.8. The number of aromatic amines is 1. The van der Waals surface area contributed by atoms with Crippen LogP contribution in [0.5, 0.6) is 17.2 Å². The van der Waals surface area contributed by atoms with E-state index >= 15 is 0 Å². The molecule has 0 saturated heterocycles. The van der Waals surface area contributed by atoms with Crippen molar-refractivity contribution >= 4 is 20.7 Å². The second-order valence-electron chi connectivity index (χ2n) is 7.52. The first-order valence-electron chi connectivity index (χ1n) is 10.5. The van der Waals surface area contributed by atoms with Crippen LogP contribution < -0.4 is 19.8 Å². The van der Waals surface area contributed by atoms with Gasteiger partial charge in [0.2, 0.25) is 0 Å². The third-order valence-corrected chi connectivity index (χ3v) is 6.35. The number of fused-ring (bicyclic) bond motifs is 1. The van der Waals surface area contributed by atoms with E-state index in [4.69, 9.17) is 14.2 Å². The lowest BCUT2D eigenvalue weighted by molar-refractivity contribution is 0.201. The molecule has 10 nitrogen and oxygen atoms in total. The summed E-state index contributed by atoms with van der Waals surface area (Å²) in [4.78, 5) is 24.9. The van der Waals surface area contributed by atoms with Gasteiger partial charge < -0.3 is 24.3 Å². The van der Waals surface area contributed by atoms with Crippen LogP contribution in [0.15, 0.2) is 58.2 Å². The van der Waals surface area contributed by atoms with Gasteiger partial charge in [0.1, 0.15) is 40.6 Å². The molecule has 0 aliphatic heterocycles. The molecule has 2 aromatic heterocycles. The Bertz CT molecular complexity index is 1570. The Hall–Kier alpha value is -3.96. The maximum Gasteiger partial charge on any atom is 0.262 e. The normalized spacial score (nSPS) is 11.4. The molecule has 182 valence electrons. The number of benzene rings is 2. The summed E-state index contributed by atoms with van der Waals surface area (Å²) >= 11 is 0. The molecule has 35 heavy (non-hydrogen) atoms. The van der Waals surface area contributed by atoms with Crippen LogP contribution >= 0.6 is 0 Å². The van der Waals surface area contributed by atoms with Crippen LogP contribution in [-0.4, -0.2) is 62.2 Å². The number of nitrogens with one attached hydrogen (secondary N) is 1. The van der Waals surface area contributed by atoms with Crippen molar-refractivity contribution < 1.29 is 27.7 Å². The van der Waals surface area contributed by atoms with Gasteiger partial charge in [-0.2, -0.15) is 0 Å². The van der Waals surface area contributed by atoms with Gasteiger partial charge in [-0.3, -0.25) is 4.79 Å². The SMILES string of the molecule is COc1cc(OC)c2c(=O)[nH]c(-c3ccc(OCCO)c(-c4ccccc4S(C)(=O)=O)n3)nc2c1. The first kappa shape index (κ1) is 24.2. The Labute approximate surface area is 201 Å². The van der Waals surface area contributed by atoms with Gasteiger partial charge in [0.05, 0.1) is 31.2 Å². The highest BCUT2D eigenvalue weighted by molar-refractivity contribution is 7.90. The van der Waals surface area contributed by atoms with Crippen molar-refractivity contribution in [1.82, 2.24) is 15.0 Å². The molecule has 0 radical (unpaired) electrons. The Balaban J connectivity index is 1.96. The van der Waals surface area contributed by atoms with Crippen molar-refractivity contribution in [1.29, 1.82) is 0 Å². The number of H-pyrrole nitrogens is 1. The fourth-order valence-electron chi connectivity index (χ4n) is 3.64. The molecule has 0 spiro atoms. The van der Waals surface area contributed by atoms with E-state index in [1.165, 1.54) is 20.3 Å². The standard InChI is InChI=1S/C24H23N3O7S/c1-32-14-12-17-21(19(13-14)33-2)24(29)27-23(26-17)16-8-9-18(34-11-10-28)22(25-16)15-6-4-5-7-20(15)35(3,30)31/h4-9,12-13,28H,10-11H2,1-3H3,(H,26,27,29). The van der Waals surface area contributed by atoms with Crippen LogP contribution in [0.2, 0.25) is 0 Å². The Morgan fingerprint density at radius 3 is 2.46 bits per heavy atom. The summed E-state index contributed by atoms with van der Waals surface area (Å²) in [6.45, 7) is -0.252. The van der Waals surface area contributed by atoms with E-state index in [0.717, 1.165) is 6.26 Å². The molecule has 2 heterocycles. The molecule has 2 aromatic carbocycles. The van der Waals surface area contributed by atoms with Gasteiger partial charge in [-0.05, 0) is 18.2 Å². The fraction of sp³-hybridized carbons (Fsp3) is 0.208. The number of aliphatic hydroxyl groups is 1. The minimum atomic E-state index is -3.59. The zero-order valence-electron chi connectivity index (χ0n) is 19.2. The van der Waals surface area contributed by atoms with Crippen molar-refractivity contribution in [3.8, 4) is 40.0 Å². The van der Waals surface area contributed by atoms with E-state index in [1.807, 2.05) is 0 Å². The summed E-state index contributed by atoms with van der Waals surface area (Å²) in [7, 11) is -0.656. The summed E-state index contributed by atoms with van der Waals surface area (Å²) < 4.78 is 41.1. The summed E-state index contributed by atoms with van der Waals surface area (Å²) in [5.74, 6) is 1.19. The van der Waals surface area contributed by atoms with Crippen molar-refractivity contribution in [3.05, 3.63) is 58.9 Å². The van der Waals surface area contributed by atoms with Crippen molar-refractivity contribution in [2.24, 2.45) is 0 Å². The van der Waals surface area contributed by atoms with Crippen molar-refractivity contribution in [2.45, 2.75) is 4.90 Å². The number of methoxy groups -OCH3 is 2. The molecule has 11 heteroatoms. The second-order valence-corrected chi connectivity index (χ2v) is 9.51. The van der Waals surface area contributed by atoms with Gasteiger partial charge in [-0.25, -0.2) is 18.4 Å². The van der Waals surface area contributed by atoms with E-state index < -0.39 is 15.4 Å². The minimum Gasteiger partial charge on any atom is -0.497 e. The smallest absolute Gasteiger partial charge is 0.262 e. The van der Waals surface area contributed by atoms with Crippen LogP contribution in [-0.2, 0) is 9.84 Å². The maximum atomic E-state index is 12.9. The largest absolute Gasteiger partial charge is 0.497 e. The maximum absolute atomic E-state index is 12.9. The average Bonchev–Trinajstić information content (AvgIpc) is 2.85. The van der Waals surface area contributed by atoms with Crippen molar-refractivity contribution in [3.63, 3.8) is 0 Å². The summed E-state index contributed by atoms with van der Waals surface area (Å²) in [5, 5.41) is 9.46. The lowest BCUT2D eigenvalue weighted by Gasteiger charge is -2.14. The number of aliphatic hydroxyl groups excluding tert-OH is 1. The number of sulfone groups is 1. The highest BCUT2D eigenvalue weighted by atomic mass is 32.2. The van der Waals surface area contributed by atoms with Crippen LogP contribution in [0, 0.1) is 0 Å². The predicted molar refractivity (Wildman–Crippen MR) is 130 cm³/mol. The Kier molecular flexibility index (Phi) is 6.72. The molecule has 2 N–H and O–H groups in total. The van der Waals surface area contributed by atoms with Crippen LogP contribution in [0.4, 0.5) is 0 Å². The predicted octanol–water partition coefficient (Wildman–Crippen LogP) is 2.44. The minimum absolute atomic E-state index is 0.0142. The zero-order valence-corrected chi connectivity index (χ0v) is 20.0. The fourth-order valence-corrected chi connectivity index (χ4v) is 4.53. The molecule has 0 fully saturated rings. The van der Waals surface area contributed by atoms with Crippen LogP contribution in [0.3, 0.4) is 0 Å². The van der Waals surface area contributed by atoms with Gasteiger partial charge >= 0.3 is 0 Å². The average molecular weight is 498 g/mol. The third-order valence-electron chi connectivity index (χ3n) is 5.19. The van der Waals surface area contributed by atoms with Gasteiger partial charge in [-0.15, -0.1) is 0 Å². The quantitative estimate of drug-likeness (QED) is 0.375. The lowest BCUT2D eigenvalue weighted by atomic mass is 10.1. The van der Waals surface area contributed by atoms with Crippen LogP contribution in [0.25, 0.3) is 33.7 Å². The number of rotatable bonds is 8. The number of nitrogens with zero attached hydrogens (tertiary/aromatic N) is 2. The molecule has 4 rings (SSSR count). The van der Waals surface area contributed by atoms with Gasteiger partial charge in [-0.1, -0.05) is 18.2 Å². The Morgan fingerprint density at radius 2 is 1.77 bits per heavy atom. The molecular weight excluding hydrogens is 474 g/mol. The van der Waals surface area contributed by atoms with Gasteiger partial charge in [0.25, 0.3) is 5.56 Å². The second kappa shape index (κ2) is 9.72. The molecule has 0 atom stereocenters. The molecule has 0 aliphatic carbocycles. The van der Waals surface area contributed by atoms with Crippen molar-refractivity contribution in [2.75, 3.05) is 33.7 Å². The van der Waals surface area contributed by atoms with Crippen LogP contribution in [0.1, 0.15) is 0 Å². The number of hydrogen-bond donors (Lipinski definition) is 2. The first-order valence-corrected chi connectivity index (χ1v) is 12.4. The third kappa shape index (κ3) is 4.81. The van der Waals surface area contributed by atoms with E-state index in [9.17, 15) is 18.3 Å². The van der Waals surface area contributed by atoms with Gasteiger partial charge in [0.15, 0.2) is 15.7 Å². The van der Waals surface area contributed by atoms with E-state index in [-0.39, 0.29) is 46.5 Å². The van der Waals surface area contributed by atoms with E-state index in [2.05, 4.69) is 15.0 Å². The van der Waals surface area contributed by atoms with E-state index in [0.29, 0.717) is 22.6 Å². The molecule has 0 unspecified atom stereocenters. The molecule has 0 amide bonds. The number of aromatic nitrogens is 3. The molecule has 4 aromatic rings. The molecule has 0 saturated carbocycles. The Morgan fingerprint density at radius 1 is 1.00 bits per heavy atom. The number of pyridine rings is 1. The molecular formula is C24H23N3O7S. The molecule has 0 aliphatic rings. The van der Waals surface area contributed by atoms with Gasteiger partial charge in [0, 0.05) is 24.0 Å². The number of hydrogen-bond acceptors (Lipinski definition) is 9. The topological polar surface area (TPSA) is 141 Å². The highest BCUT2D eigenvalue weighted by Gasteiger charge is 2.20. The monoisotopic (exact) mass is 497 g/mol. The summed E-state index contributed by atoms with van der Waals surface area (Å²) in [6.07, 6.45) is 1.10.